The fourth-order valence-electron chi connectivity index (χ4n) is 2.37. The number of carbonyl (C=O) groups is 1. The Kier molecular flexibility index (Phi) is 5.05. The molecule has 0 saturated heterocycles. The number of ether oxygens (including phenoxy) is 2. The maximum absolute atomic E-state index is 12.3. The van der Waals surface area contributed by atoms with Gasteiger partial charge in [0.15, 0.2) is 11.3 Å². The molecule has 0 spiro atoms. The van der Waals surface area contributed by atoms with Crippen LogP contribution in [-0.2, 0) is 4.79 Å². The van der Waals surface area contributed by atoms with Crippen LogP contribution in [0.5, 0.6) is 11.5 Å². The number of amides is 1. The summed E-state index contributed by atoms with van der Waals surface area (Å²) >= 11 is 5.95. The van der Waals surface area contributed by atoms with E-state index in [1.54, 1.807) is 32.4 Å². The Morgan fingerprint density at radius 1 is 1.12 bits per heavy atom. The third-order valence-electron chi connectivity index (χ3n) is 3.72. The number of fused-ring (bicyclic) bond motifs is 1. The van der Waals surface area contributed by atoms with Gasteiger partial charge in [0.05, 0.1) is 12.8 Å². The molecule has 0 fully saturated rings. The van der Waals surface area contributed by atoms with Crippen molar-refractivity contribution in [1.29, 1.82) is 0 Å². The van der Waals surface area contributed by atoms with Crippen LogP contribution in [0.1, 0.15) is 6.92 Å². The number of pyridine rings is 1. The number of methoxy groups -OCH3 is 1. The molecule has 5 nitrogen and oxygen atoms in total. The summed E-state index contributed by atoms with van der Waals surface area (Å²) in [7, 11) is 1.62. The van der Waals surface area contributed by atoms with Gasteiger partial charge in [-0.15, -0.1) is 0 Å². The van der Waals surface area contributed by atoms with Crippen molar-refractivity contribution < 1.29 is 14.3 Å². The normalized spacial score (nSPS) is 11.8. The first-order chi connectivity index (χ1) is 12.1. The summed E-state index contributed by atoms with van der Waals surface area (Å²) in [5.74, 6) is 1.06. The zero-order valence-corrected chi connectivity index (χ0v) is 14.6. The summed E-state index contributed by atoms with van der Waals surface area (Å²) < 4.78 is 11.0. The smallest absolute Gasteiger partial charge is 0.265 e. The molecule has 0 radical (unpaired) electrons. The topological polar surface area (TPSA) is 60.5 Å². The highest BCUT2D eigenvalue weighted by atomic mass is 35.5. The van der Waals surface area contributed by atoms with E-state index in [9.17, 15) is 4.79 Å². The first kappa shape index (κ1) is 17.0. The minimum atomic E-state index is -0.695. The van der Waals surface area contributed by atoms with Gasteiger partial charge in [-0.05, 0) is 54.1 Å². The Bertz CT molecular complexity index is 914. The van der Waals surface area contributed by atoms with Crippen LogP contribution in [0, 0.1) is 0 Å². The average Bonchev–Trinajstić information content (AvgIpc) is 2.62. The number of carbonyl (C=O) groups excluding carboxylic acids is 1. The van der Waals surface area contributed by atoms with E-state index in [1.807, 2.05) is 36.4 Å². The maximum Gasteiger partial charge on any atom is 0.265 e. The number of hydrogen-bond acceptors (Lipinski definition) is 4. The third-order valence-corrected chi connectivity index (χ3v) is 4.02. The van der Waals surface area contributed by atoms with E-state index in [0.29, 0.717) is 11.4 Å². The van der Waals surface area contributed by atoms with E-state index in [0.717, 1.165) is 16.5 Å². The van der Waals surface area contributed by atoms with Gasteiger partial charge >= 0.3 is 0 Å². The molecule has 0 bridgehead atoms. The second kappa shape index (κ2) is 7.40. The lowest BCUT2D eigenvalue weighted by molar-refractivity contribution is -0.122. The Morgan fingerprint density at radius 3 is 2.56 bits per heavy atom. The van der Waals surface area contributed by atoms with Crippen molar-refractivity contribution in [3.8, 4) is 11.5 Å². The number of benzene rings is 2. The molecule has 1 heterocycles. The maximum atomic E-state index is 12.3. The fraction of sp³-hybridized carbons (Fsp3) is 0.158. The average molecular weight is 357 g/mol. The molecule has 1 N–H and O–H groups in total. The van der Waals surface area contributed by atoms with E-state index >= 15 is 0 Å². The van der Waals surface area contributed by atoms with Gasteiger partial charge in [0.1, 0.15) is 11.5 Å². The van der Waals surface area contributed by atoms with Crippen molar-refractivity contribution in [2.24, 2.45) is 0 Å². The van der Waals surface area contributed by atoms with Crippen molar-refractivity contribution in [2.75, 3.05) is 12.4 Å². The van der Waals surface area contributed by atoms with Gasteiger partial charge in [-0.2, -0.15) is 0 Å². The summed E-state index contributed by atoms with van der Waals surface area (Å²) in [5, 5.41) is 4.98. The van der Waals surface area contributed by atoms with E-state index in [4.69, 9.17) is 21.1 Å². The van der Waals surface area contributed by atoms with Crippen molar-refractivity contribution in [3.63, 3.8) is 0 Å². The van der Waals surface area contributed by atoms with Crippen molar-refractivity contribution >= 4 is 34.0 Å². The van der Waals surface area contributed by atoms with Gasteiger partial charge in [-0.1, -0.05) is 23.7 Å². The summed E-state index contributed by atoms with van der Waals surface area (Å²) in [6, 6.07) is 14.8. The van der Waals surface area contributed by atoms with E-state index < -0.39 is 6.10 Å². The number of hydrogen-bond donors (Lipinski definition) is 1. The molecule has 0 aliphatic carbocycles. The number of rotatable bonds is 5. The molecule has 0 unspecified atom stereocenters. The predicted octanol–water partition coefficient (Wildman–Crippen LogP) is 4.30. The molecule has 3 aromatic rings. The standard InChI is InChI=1S/C19H17ClN2O3/c1-12(19(23)22-17-4-3-9-21-18(17)20)25-16-8-6-13-5-7-15(24-2)10-14(13)11-16/h3-12H,1-2H3,(H,22,23)/t12-/m0/s1. The van der Waals surface area contributed by atoms with Crippen LogP contribution in [0.4, 0.5) is 5.69 Å². The molecule has 0 aliphatic rings. The third kappa shape index (κ3) is 4.00. The Hall–Kier alpha value is -2.79. The lowest BCUT2D eigenvalue weighted by Crippen LogP contribution is -2.30. The first-order valence-corrected chi connectivity index (χ1v) is 8.10. The van der Waals surface area contributed by atoms with E-state index in [1.165, 1.54) is 0 Å². The summed E-state index contributed by atoms with van der Waals surface area (Å²) in [6.45, 7) is 1.68. The Labute approximate surface area is 150 Å². The molecule has 1 atom stereocenters. The lowest BCUT2D eigenvalue weighted by atomic mass is 10.1. The predicted molar refractivity (Wildman–Crippen MR) is 98.5 cm³/mol. The highest BCUT2D eigenvalue weighted by molar-refractivity contribution is 6.32. The quantitative estimate of drug-likeness (QED) is 0.692. The highest BCUT2D eigenvalue weighted by Gasteiger charge is 2.16. The van der Waals surface area contributed by atoms with Crippen LogP contribution in [-0.4, -0.2) is 24.1 Å². The molecule has 0 saturated carbocycles. The minimum absolute atomic E-state index is 0.237. The van der Waals surface area contributed by atoms with Crippen LogP contribution in [0.15, 0.2) is 54.7 Å². The summed E-state index contributed by atoms with van der Waals surface area (Å²) in [6.07, 6.45) is 0.862. The second-order valence-electron chi connectivity index (χ2n) is 5.47. The summed E-state index contributed by atoms with van der Waals surface area (Å²) in [4.78, 5) is 16.2. The van der Waals surface area contributed by atoms with E-state index in [-0.39, 0.29) is 11.1 Å². The number of nitrogens with one attached hydrogen (secondary N) is 1. The molecule has 25 heavy (non-hydrogen) atoms. The largest absolute Gasteiger partial charge is 0.497 e. The molecular formula is C19H17ClN2O3. The van der Waals surface area contributed by atoms with Gasteiger partial charge in [-0.3, -0.25) is 4.79 Å². The van der Waals surface area contributed by atoms with Crippen LogP contribution < -0.4 is 14.8 Å². The van der Waals surface area contributed by atoms with Crippen LogP contribution >= 0.6 is 11.6 Å². The monoisotopic (exact) mass is 356 g/mol. The summed E-state index contributed by atoms with van der Waals surface area (Å²) in [5.41, 5.74) is 0.452. The zero-order chi connectivity index (χ0) is 17.8. The molecule has 2 aromatic carbocycles. The highest BCUT2D eigenvalue weighted by Crippen LogP contribution is 2.26. The van der Waals surface area contributed by atoms with Crippen molar-refractivity contribution in [2.45, 2.75) is 13.0 Å². The fourth-order valence-corrected chi connectivity index (χ4v) is 2.54. The van der Waals surface area contributed by atoms with Crippen LogP contribution in [0.3, 0.4) is 0 Å². The lowest BCUT2D eigenvalue weighted by Gasteiger charge is -2.15. The van der Waals surface area contributed by atoms with Gasteiger partial charge in [0, 0.05) is 6.20 Å². The van der Waals surface area contributed by atoms with Gasteiger partial charge < -0.3 is 14.8 Å². The zero-order valence-electron chi connectivity index (χ0n) is 13.8. The molecule has 1 aromatic heterocycles. The SMILES string of the molecule is COc1ccc2ccc(O[C@@H](C)C(=O)Nc3cccnc3Cl)cc2c1. The van der Waals surface area contributed by atoms with Gasteiger partial charge in [-0.25, -0.2) is 4.98 Å². The second-order valence-corrected chi connectivity index (χ2v) is 5.82. The minimum Gasteiger partial charge on any atom is -0.497 e. The van der Waals surface area contributed by atoms with Gasteiger partial charge in [0.25, 0.3) is 5.91 Å². The van der Waals surface area contributed by atoms with Crippen molar-refractivity contribution in [1.82, 2.24) is 4.98 Å². The molecular weight excluding hydrogens is 340 g/mol. The van der Waals surface area contributed by atoms with Crippen molar-refractivity contribution in [3.05, 3.63) is 59.9 Å². The van der Waals surface area contributed by atoms with Gasteiger partial charge in [0.2, 0.25) is 0 Å². The molecule has 0 aliphatic heterocycles. The molecule has 3 rings (SSSR count). The Morgan fingerprint density at radius 2 is 1.84 bits per heavy atom. The Balaban J connectivity index is 1.73. The van der Waals surface area contributed by atoms with E-state index in [2.05, 4.69) is 10.3 Å². The number of nitrogens with zero attached hydrogens (tertiary/aromatic N) is 1. The first-order valence-electron chi connectivity index (χ1n) is 7.72. The molecule has 128 valence electrons. The number of halogens is 1. The number of anilines is 1. The molecule has 1 amide bonds. The number of aromatic nitrogens is 1. The van der Waals surface area contributed by atoms with Crippen LogP contribution in [0.25, 0.3) is 10.8 Å². The molecule has 6 heteroatoms. The van der Waals surface area contributed by atoms with Crippen LogP contribution in [0.2, 0.25) is 5.15 Å².